The fraction of sp³-hybridized carbons (Fsp3) is 0.462. The maximum absolute atomic E-state index is 13.7. The number of benzene rings is 1. The lowest BCUT2D eigenvalue weighted by molar-refractivity contribution is -0.133. The first kappa shape index (κ1) is 20.9. The van der Waals surface area contributed by atoms with Gasteiger partial charge in [0.15, 0.2) is 5.58 Å². The molecule has 1 N–H and O–H groups in total. The van der Waals surface area contributed by atoms with E-state index in [2.05, 4.69) is 24.4 Å². The van der Waals surface area contributed by atoms with Gasteiger partial charge in [-0.2, -0.15) is 0 Å². The highest BCUT2D eigenvalue weighted by Crippen LogP contribution is 2.35. The van der Waals surface area contributed by atoms with Gasteiger partial charge in [-0.25, -0.2) is 0 Å². The average Bonchev–Trinajstić information content (AvgIpc) is 3.40. The third-order valence-corrected chi connectivity index (χ3v) is 7.30. The zero-order valence-corrected chi connectivity index (χ0v) is 18.8. The van der Waals surface area contributed by atoms with Crippen molar-refractivity contribution in [2.75, 3.05) is 6.54 Å². The lowest BCUT2D eigenvalue weighted by atomic mass is 9.89. The predicted octanol–water partition coefficient (Wildman–Crippen LogP) is 4.70. The second-order valence-corrected chi connectivity index (χ2v) is 9.60. The minimum absolute atomic E-state index is 0.0611. The van der Waals surface area contributed by atoms with Crippen molar-refractivity contribution in [3.05, 3.63) is 60.0 Å². The van der Waals surface area contributed by atoms with Crippen LogP contribution in [0.4, 0.5) is 0 Å². The van der Waals surface area contributed by atoms with Gasteiger partial charge in [0.2, 0.25) is 5.91 Å². The molecule has 2 aliphatic rings. The number of nitrogens with one attached hydrogen (secondary N) is 1. The van der Waals surface area contributed by atoms with Crippen LogP contribution in [0, 0.1) is 0 Å². The van der Waals surface area contributed by atoms with Gasteiger partial charge in [0.25, 0.3) is 5.91 Å². The van der Waals surface area contributed by atoms with Gasteiger partial charge in [-0.15, -0.1) is 0 Å². The van der Waals surface area contributed by atoms with E-state index in [0.717, 1.165) is 36.8 Å². The Hall–Kier alpha value is -3.02. The summed E-state index contributed by atoms with van der Waals surface area (Å²) in [5.74, 6) is -0.0767. The second-order valence-electron chi connectivity index (χ2n) is 9.60. The average molecular weight is 434 g/mol. The van der Waals surface area contributed by atoms with Crippen LogP contribution >= 0.6 is 0 Å². The number of amides is 2. The van der Waals surface area contributed by atoms with Crippen molar-refractivity contribution in [1.82, 2.24) is 14.8 Å². The molecule has 1 saturated carbocycles. The van der Waals surface area contributed by atoms with Crippen LogP contribution < -0.4 is 5.32 Å². The van der Waals surface area contributed by atoms with E-state index >= 15 is 0 Å². The summed E-state index contributed by atoms with van der Waals surface area (Å²) in [6.45, 7) is 4.92. The molecule has 2 atom stereocenters. The van der Waals surface area contributed by atoms with E-state index in [1.807, 2.05) is 35.8 Å². The minimum atomic E-state index is -0.978. The molecule has 6 heteroatoms. The van der Waals surface area contributed by atoms with Crippen LogP contribution in [0.25, 0.3) is 11.1 Å². The maximum Gasteiger partial charge on any atom is 0.271 e. The van der Waals surface area contributed by atoms with Gasteiger partial charge in [0.1, 0.15) is 11.2 Å². The fourth-order valence-electron chi connectivity index (χ4n) is 5.31. The van der Waals surface area contributed by atoms with Gasteiger partial charge in [-0.3, -0.25) is 9.59 Å². The van der Waals surface area contributed by atoms with Crippen molar-refractivity contribution >= 4 is 22.9 Å². The standard InChI is InChI=1S/C26H31N3O3/c1-18(19-9-5-3-6-10-19)16-29-24(30)22-15-23-21(13-14-32-23)28(22)17-26(29,2)25(31)27-20-11-7-4-8-12-20/h3,5-6,9-10,13-15,18,20H,4,7-8,11-12,16-17H2,1-2H3,(H,27,31)/t18-,26+/m1/s1. The number of aromatic nitrogens is 1. The second kappa shape index (κ2) is 8.15. The summed E-state index contributed by atoms with van der Waals surface area (Å²) < 4.78 is 7.51. The third-order valence-electron chi connectivity index (χ3n) is 7.30. The van der Waals surface area contributed by atoms with Crippen LogP contribution in [0.1, 0.15) is 67.9 Å². The Kier molecular flexibility index (Phi) is 5.31. The van der Waals surface area contributed by atoms with Crippen LogP contribution in [-0.4, -0.2) is 39.4 Å². The van der Waals surface area contributed by atoms with Crippen LogP contribution in [0.5, 0.6) is 0 Å². The number of hydrogen-bond acceptors (Lipinski definition) is 3. The molecular formula is C26H31N3O3. The Morgan fingerprint density at radius 2 is 1.94 bits per heavy atom. The summed E-state index contributed by atoms with van der Waals surface area (Å²) >= 11 is 0. The SMILES string of the molecule is C[C@H](CN1C(=O)c2cc3occc3n2C[C@@]1(C)C(=O)NC1CCCCC1)c1ccccc1. The lowest BCUT2D eigenvalue weighted by Gasteiger charge is -2.45. The van der Waals surface area contributed by atoms with Gasteiger partial charge < -0.3 is 19.2 Å². The maximum atomic E-state index is 13.7. The van der Waals surface area contributed by atoms with Crippen LogP contribution in [0.3, 0.4) is 0 Å². The number of carbonyl (C=O) groups is 2. The molecule has 3 aromatic rings. The van der Waals surface area contributed by atoms with E-state index in [1.54, 1.807) is 17.2 Å². The van der Waals surface area contributed by atoms with Crippen molar-refractivity contribution in [3.63, 3.8) is 0 Å². The van der Waals surface area contributed by atoms with Crippen molar-refractivity contribution < 1.29 is 14.0 Å². The molecule has 0 bridgehead atoms. The summed E-state index contributed by atoms with van der Waals surface area (Å²) in [6.07, 6.45) is 7.17. The molecule has 2 amide bonds. The zero-order chi connectivity index (χ0) is 22.3. The third kappa shape index (κ3) is 3.51. The minimum Gasteiger partial charge on any atom is -0.463 e. The first-order valence-corrected chi connectivity index (χ1v) is 11.7. The number of carbonyl (C=O) groups excluding carboxylic acids is 2. The Balaban J connectivity index is 1.50. The molecule has 168 valence electrons. The predicted molar refractivity (Wildman–Crippen MR) is 124 cm³/mol. The first-order valence-electron chi connectivity index (χ1n) is 11.7. The quantitative estimate of drug-likeness (QED) is 0.634. The normalized spacial score (nSPS) is 22.7. The highest BCUT2D eigenvalue weighted by atomic mass is 16.3. The largest absolute Gasteiger partial charge is 0.463 e. The van der Waals surface area contributed by atoms with Crippen LogP contribution in [0.2, 0.25) is 0 Å². The highest BCUT2D eigenvalue weighted by Gasteiger charge is 2.48. The molecule has 5 rings (SSSR count). The van der Waals surface area contributed by atoms with Crippen molar-refractivity contribution in [2.45, 2.75) is 70.0 Å². The van der Waals surface area contributed by atoms with Crippen molar-refractivity contribution in [1.29, 1.82) is 0 Å². The molecular weight excluding hydrogens is 402 g/mol. The lowest BCUT2D eigenvalue weighted by Crippen LogP contribution is -2.65. The summed E-state index contributed by atoms with van der Waals surface area (Å²) in [5.41, 5.74) is 2.31. The summed E-state index contributed by atoms with van der Waals surface area (Å²) in [6, 6.07) is 14.0. The Morgan fingerprint density at radius 3 is 2.69 bits per heavy atom. The topological polar surface area (TPSA) is 67.5 Å². The first-order chi connectivity index (χ1) is 15.5. The summed E-state index contributed by atoms with van der Waals surface area (Å²) in [5, 5.41) is 3.29. The molecule has 0 unspecified atom stereocenters. The molecule has 0 spiro atoms. The summed E-state index contributed by atoms with van der Waals surface area (Å²) in [7, 11) is 0. The molecule has 2 aromatic heterocycles. The van der Waals surface area contributed by atoms with Gasteiger partial charge in [-0.1, -0.05) is 56.5 Å². The number of hydrogen-bond donors (Lipinski definition) is 1. The van der Waals surface area contributed by atoms with E-state index in [0.29, 0.717) is 24.4 Å². The van der Waals surface area contributed by atoms with Gasteiger partial charge >= 0.3 is 0 Å². The smallest absolute Gasteiger partial charge is 0.271 e. The molecule has 0 radical (unpaired) electrons. The Morgan fingerprint density at radius 1 is 1.19 bits per heavy atom. The molecule has 32 heavy (non-hydrogen) atoms. The van der Waals surface area contributed by atoms with Gasteiger partial charge in [-0.05, 0) is 31.2 Å². The number of furan rings is 1. The number of nitrogens with zero attached hydrogens (tertiary/aromatic N) is 2. The van der Waals surface area contributed by atoms with E-state index in [1.165, 1.54) is 6.42 Å². The van der Waals surface area contributed by atoms with Crippen LogP contribution in [-0.2, 0) is 11.3 Å². The molecule has 0 saturated heterocycles. The Labute approximate surface area is 188 Å². The Bertz CT molecular complexity index is 1130. The number of rotatable bonds is 5. The van der Waals surface area contributed by atoms with Crippen LogP contribution in [0.15, 0.2) is 53.1 Å². The molecule has 6 nitrogen and oxygen atoms in total. The molecule has 1 aliphatic heterocycles. The van der Waals surface area contributed by atoms with E-state index < -0.39 is 5.54 Å². The van der Waals surface area contributed by atoms with Gasteiger partial charge in [0.05, 0.1) is 18.3 Å². The monoisotopic (exact) mass is 433 g/mol. The summed E-state index contributed by atoms with van der Waals surface area (Å²) in [4.78, 5) is 29.3. The number of fused-ring (bicyclic) bond motifs is 3. The zero-order valence-electron chi connectivity index (χ0n) is 18.8. The van der Waals surface area contributed by atoms with Crippen molar-refractivity contribution in [3.8, 4) is 0 Å². The van der Waals surface area contributed by atoms with E-state index in [9.17, 15) is 9.59 Å². The van der Waals surface area contributed by atoms with Crippen molar-refractivity contribution in [2.24, 2.45) is 0 Å². The highest BCUT2D eigenvalue weighted by molar-refractivity contribution is 6.03. The molecule has 1 fully saturated rings. The molecule has 1 aliphatic carbocycles. The fourth-order valence-corrected chi connectivity index (χ4v) is 5.31. The van der Waals surface area contributed by atoms with E-state index in [-0.39, 0.29) is 23.8 Å². The molecule has 3 heterocycles. The van der Waals surface area contributed by atoms with Gasteiger partial charge in [0, 0.05) is 24.7 Å². The molecule has 1 aromatic carbocycles. The van der Waals surface area contributed by atoms with E-state index in [4.69, 9.17) is 4.42 Å².